The number of hydrogen-bond donors (Lipinski definition) is 2. The smallest absolute Gasteiger partial charge is 0.326 e. The summed E-state index contributed by atoms with van der Waals surface area (Å²) in [4.78, 5) is 11.0. The number of nitrogens with zero attached hydrogens (tertiary/aromatic N) is 1. The predicted molar refractivity (Wildman–Crippen MR) is 45.1 cm³/mol. The van der Waals surface area contributed by atoms with Gasteiger partial charge >= 0.3 is 5.97 Å². The highest BCUT2D eigenvalue weighted by molar-refractivity contribution is 7.06. The summed E-state index contributed by atoms with van der Waals surface area (Å²) < 4.78 is 1.47. The van der Waals surface area contributed by atoms with E-state index in [1.165, 1.54) is 15.9 Å². The molecule has 0 aromatic carbocycles. The molecule has 0 amide bonds. The Labute approximate surface area is 73.6 Å². The van der Waals surface area contributed by atoms with Crippen LogP contribution in [0.25, 0.3) is 0 Å². The molecule has 1 rings (SSSR count). The van der Waals surface area contributed by atoms with E-state index in [0.29, 0.717) is 6.42 Å². The largest absolute Gasteiger partial charge is 0.480 e. The van der Waals surface area contributed by atoms with Gasteiger partial charge in [-0.25, -0.2) is 4.79 Å². The molecule has 5 heteroatoms. The molecule has 0 aliphatic carbocycles. The molecule has 0 saturated carbocycles. The molecular formula is C7H10N2O2S. The molecule has 2 N–H and O–H groups in total. The molecule has 0 radical (unpaired) electrons. The maximum atomic E-state index is 10.7. The first-order chi connectivity index (χ1) is 5.66. The average molecular weight is 186 g/mol. The number of thiazole rings is 1. The molecule has 66 valence electrons. The summed E-state index contributed by atoms with van der Waals surface area (Å²) in [6.45, 7) is 1.79. The van der Waals surface area contributed by atoms with E-state index >= 15 is 0 Å². The Bertz CT molecular complexity index is 328. The molecule has 12 heavy (non-hydrogen) atoms. The van der Waals surface area contributed by atoms with E-state index in [-0.39, 0.29) is 4.80 Å². The van der Waals surface area contributed by atoms with Crippen LogP contribution in [0.3, 0.4) is 0 Å². The SMILES string of the molecule is CCC(C(=O)O)n1ccsc1=N. The molecule has 1 atom stereocenters. The molecule has 1 aromatic rings. The van der Waals surface area contributed by atoms with Gasteiger partial charge in [0.15, 0.2) is 4.80 Å². The number of carbonyl (C=O) groups is 1. The second-order valence-corrected chi connectivity index (χ2v) is 3.27. The van der Waals surface area contributed by atoms with Crippen LogP contribution in [0.15, 0.2) is 11.6 Å². The highest BCUT2D eigenvalue weighted by Crippen LogP contribution is 2.09. The first-order valence-electron chi connectivity index (χ1n) is 3.59. The van der Waals surface area contributed by atoms with Crippen LogP contribution in [0.2, 0.25) is 0 Å². The fraction of sp³-hybridized carbons (Fsp3) is 0.429. The molecule has 0 aliphatic heterocycles. The fourth-order valence-electron chi connectivity index (χ4n) is 1.02. The molecule has 4 nitrogen and oxygen atoms in total. The lowest BCUT2D eigenvalue weighted by molar-refractivity contribution is -0.141. The van der Waals surface area contributed by atoms with Gasteiger partial charge in [-0.15, -0.1) is 11.3 Å². The van der Waals surface area contributed by atoms with Gasteiger partial charge in [-0.2, -0.15) is 0 Å². The number of carboxylic acids is 1. The van der Waals surface area contributed by atoms with Crippen LogP contribution in [-0.2, 0) is 4.79 Å². The summed E-state index contributed by atoms with van der Waals surface area (Å²) in [7, 11) is 0. The lowest BCUT2D eigenvalue weighted by Gasteiger charge is -2.10. The van der Waals surface area contributed by atoms with E-state index in [1.807, 2.05) is 0 Å². The van der Waals surface area contributed by atoms with E-state index in [0.717, 1.165) is 0 Å². The first-order valence-corrected chi connectivity index (χ1v) is 4.47. The van der Waals surface area contributed by atoms with E-state index in [2.05, 4.69) is 0 Å². The summed E-state index contributed by atoms with van der Waals surface area (Å²) in [5.74, 6) is -0.880. The zero-order chi connectivity index (χ0) is 9.14. The highest BCUT2D eigenvalue weighted by Gasteiger charge is 2.16. The van der Waals surface area contributed by atoms with Gasteiger partial charge < -0.3 is 9.67 Å². The minimum absolute atomic E-state index is 0.282. The van der Waals surface area contributed by atoms with Gasteiger partial charge in [0.1, 0.15) is 6.04 Å². The number of rotatable bonds is 3. The third-order valence-corrected chi connectivity index (χ3v) is 2.34. The van der Waals surface area contributed by atoms with Crippen molar-refractivity contribution >= 4 is 17.3 Å². The molecule has 1 heterocycles. The van der Waals surface area contributed by atoms with E-state index in [1.54, 1.807) is 18.5 Å². The molecule has 0 spiro atoms. The number of hydrogen-bond acceptors (Lipinski definition) is 3. The number of aromatic nitrogens is 1. The lowest BCUT2D eigenvalue weighted by Crippen LogP contribution is -2.25. The van der Waals surface area contributed by atoms with Gasteiger partial charge in [-0.3, -0.25) is 5.41 Å². The zero-order valence-electron chi connectivity index (χ0n) is 6.65. The summed E-state index contributed by atoms with van der Waals surface area (Å²) >= 11 is 1.23. The molecule has 0 bridgehead atoms. The van der Waals surface area contributed by atoms with Gasteiger partial charge in [0.2, 0.25) is 0 Å². The zero-order valence-corrected chi connectivity index (χ0v) is 7.47. The second-order valence-electron chi connectivity index (χ2n) is 2.38. The van der Waals surface area contributed by atoms with Crippen LogP contribution in [0.4, 0.5) is 0 Å². The minimum Gasteiger partial charge on any atom is -0.480 e. The van der Waals surface area contributed by atoms with Crippen LogP contribution in [-0.4, -0.2) is 15.6 Å². The van der Waals surface area contributed by atoms with Crippen LogP contribution in [0.1, 0.15) is 19.4 Å². The molecule has 0 aliphatic rings. The Balaban J connectivity index is 3.03. The topological polar surface area (TPSA) is 66.1 Å². The van der Waals surface area contributed by atoms with Gasteiger partial charge in [0.05, 0.1) is 0 Å². The van der Waals surface area contributed by atoms with Crippen LogP contribution in [0, 0.1) is 5.41 Å². The van der Waals surface area contributed by atoms with Crippen LogP contribution in [0.5, 0.6) is 0 Å². The number of nitrogens with one attached hydrogen (secondary N) is 1. The van der Waals surface area contributed by atoms with Gasteiger partial charge in [-0.05, 0) is 6.42 Å². The fourth-order valence-corrected chi connectivity index (χ4v) is 1.66. The molecule has 1 unspecified atom stereocenters. The average Bonchev–Trinajstić information content (AvgIpc) is 2.38. The summed E-state index contributed by atoms with van der Waals surface area (Å²) in [5.41, 5.74) is 0. The Kier molecular flexibility index (Phi) is 2.65. The van der Waals surface area contributed by atoms with Crippen molar-refractivity contribution in [1.29, 1.82) is 5.41 Å². The highest BCUT2D eigenvalue weighted by atomic mass is 32.1. The third kappa shape index (κ3) is 1.55. The molecular weight excluding hydrogens is 176 g/mol. The van der Waals surface area contributed by atoms with E-state index in [9.17, 15) is 4.79 Å². The van der Waals surface area contributed by atoms with Gasteiger partial charge in [0, 0.05) is 11.6 Å². The summed E-state index contributed by atoms with van der Waals surface area (Å²) in [6, 6.07) is -0.594. The van der Waals surface area contributed by atoms with Gasteiger partial charge in [-0.1, -0.05) is 6.92 Å². The molecule has 0 fully saturated rings. The summed E-state index contributed by atoms with van der Waals surface area (Å²) in [6.07, 6.45) is 2.14. The van der Waals surface area contributed by atoms with Crippen molar-refractivity contribution in [3.8, 4) is 0 Å². The van der Waals surface area contributed by atoms with Crippen LogP contribution >= 0.6 is 11.3 Å². The Morgan fingerprint density at radius 2 is 2.58 bits per heavy atom. The van der Waals surface area contributed by atoms with Crippen molar-refractivity contribution in [2.45, 2.75) is 19.4 Å². The Hall–Kier alpha value is -1.10. The lowest BCUT2D eigenvalue weighted by atomic mass is 10.2. The summed E-state index contributed by atoms with van der Waals surface area (Å²) in [5, 5.41) is 17.9. The van der Waals surface area contributed by atoms with Crippen molar-refractivity contribution in [2.24, 2.45) is 0 Å². The van der Waals surface area contributed by atoms with Crippen LogP contribution < -0.4 is 4.80 Å². The van der Waals surface area contributed by atoms with Crippen molar-refractivity contribution in [1.82, 2.24) is 4.57 Å². The first kappa shape index (κ1) is 8.99. The number of aliphatic carboxylic acids is 1. The molecule has 1 aromatic heterocycles. The van der Waals surface area contributed by atoms with Crippen molar-refractivity contribution in [3.63, 3.8) is 0 Å². The normalized spacial score (nSPS) is 12.8. The second kappa shape index (κ2) is 3.53. The van der Waals surface area contributed by atoms with E-state index < -0.39 is 12.0 Å². The van der Waals surface area contributed by atoms with Gasteiger partial charge in [0.25, 0.3) is 0 Å². The maximum absolute atomic E-state index is 10.7. The standard InChI is InChI=1S/C7H10N2O2S/c1-2-5(6(10)11)9-3-4-12-7(9)8/h3-5,8H,2H2,1H3,(H,10,11). The van der Waals surface area contributed by atoms with E-state index in [4.69, 9.17) is 10.5 Å². The minimum atomic E-state index is -0.880. The van der Waals surface area contributed by atoms with Crippen molar-refractivity contribution < 1.29 is 9.90 Å². The third-order valence-electron chi connectivity index (χ3n) is 1.64. The Morgan fingerprint density at radius 3 is 2.92 bits per heavy atom. The maximum Gasteiger partial charge on any atom is 0.326 e. The molecule has 0 saturated heterocycles. The number of carboxylic acid groups (broad SMARTS) is 1. The quantitative estimate of drug-likeness (QED) is 0.741. The predicted octanol–water partition coefficient (Wildman–Crippen LogP) is 1.06. The Morgan fingerprint density at radius 1 is 1.92 bits per heavy atom. The van der Waals surface area contributed by atoms with Crippen molar-refractivity contribution in [2.75, 3.05) is 0 Å². The monoisotopic (exact) mass is 186 g/mol. The van der Waals surface area contributed by atoms with Crippen molar-refractivity contribution in [3.05, 3.63) is 16.4 Å².